The fraction of sp³-hybridized carbons (Fsp3) is 0.929. The van der Waals surface area contributed by atoms with Gasteiger partial charge in [0.1, 0.15) is 5.54 Å². The van der Waals surface area contributed by atoms with Crippen molar-refractivity contribution in [3.05, 3.63) is 0 Å². The molecule has 1 aliphatic rings. The molecule has 1 rings (SSSR count). The Morgan fingerprint density at radius 3 is 2.78 bits per heavy atom. The Kier molecular flexibility index (Phi) is 6.09. The lowest BCUT2D eigenvalue weighted by Gasteiger charge is -2.28. The molecule has 4 nitrogen and oxygen atoms in total. The van der Waals surface area contributed by atoms with Crippen molar-refractivity contribution in [2.75, 3.05) is 27.7 Å². The fourth-order valence-corrected chi connectivity index (χ4v) is 2.90. The molecule has 1 saturated carbocycles. The summed E-state index contributed by atoms with van der Waals surface area (Å²) in [7, 11) is 5.50. The van der Waals surface area contributed by atoms with Crippen LogP contribution in [0, 0.1) is 0 Å². The maximum atomic E-state index is 11.9. The van der Waals surface area contributed by atoms with Crippen molar-refractivity contribution in [2.24, 2.45) is 0 Å². The van der Waals surface area contributed by atoms with Crippen LogP contribution in [0.25, 0.3) is 0 Å². The average Bonchev–Trinajstić information content (AvgIpc) is 2.83. The van der Waals surface area contributed by atoms with Gasteiger partial charge >= 0.3 is 5.97 Å². The molecule has 0 aromatic rings. The van der Waals surface area contributed by atoms with Gasteiger partial charge in [-0.3, -0.25) is 4.79 Å². The van der Waals surface area contributed by atoms with Gasteiger partial charge in [-0.2, -0.15) is 0 Å². The number of nitrogens with zero attached hydrogens (tertiary/aromatic N) is 1. The zero-order valence-electron chi connectivity index (χ0n) is 12.3. The minimum atomic E-state index is -0.460. The molecule has 1 fully saturated rings. The third-order valence-electron chi connectivity index (χ3n) is 4.28. The number of likely N-dealkylation sites (N-methyl/N-ethyl adjacent to an activating group) is 1. The summed E-state index contributed by atoms with van der Waals surface area (Å²) in [6, 6.07) is 0.494. The summed E-state index contributed by atoms with van der Waals surface area (Å²) in [4.78, 5) is 14.3. The van der Waals surface area contributed by atoms with Gasteiger partial charge in [-0.1, -0.05) is 19.8 Å². The largest absolute Gasteiger partial charge is 0.468 e. The van der Waals surface area contributed by atoms with Crippen LogP contribution in [-0.4, -0.2) is 50.2 Å². The second-order valence-corrected chi connectivity index (χ2v) is 5.41. The molecule has 0 heterocycles. The van der Waals surface area contributed by atoms with Crippen molar-refractivity contribution < 1.29 is 9.53 Å². The molecule has 18 heavy (non-hydrogen) atoms. The first kappa shape index (κ1) is 15.4. The van der Waals surface area contributed by atoms with Crippen LogP contribution in [0.3, 0.4) is 0 Å². The first-order valence-electron chi connectivity index (χ1n) is 7.07. The molecule has 1 aliphatic carbocycles. The molecule has 0 bridgehead atoms. The molecule has 4 heteroatoms. The number of nitrogens with one attached hydrogen (secondary N) is 1. The Bertz CT molecular complexity index is 271. The van der Waals surface area contributed by atoms with Crippen molar-refractivity contribution in [3.63, 3.8) is 0 Å². The third-order valence-corrected chi connectivity index (χ3v) is 4.28. The van der Waals surface area contributed by atoms with Crippen molar-refractivity contribution in [3.8, 4) is 0 Å². The van der Waals surface area contributed by atoms with Gasteiger partial charge in [0.15, 0.2) is 0 Å². The molecular formula is C14H28N2O2. The molecule has 106 valence electrons. The first-order valence-corrected chi connectivity index (χ1v) is 7.07. The van der Waals surface area contributed by atoms with E-state index in [1.165, 1.54) is 26.4 Å². The molecule has 2 unspecified atom stereocenters. The highest BCUT2D eigenvalue weighted by Crippen LogP contribution is 2.33. The summed E-state index contributed by atoms with van der Waals surface area (Å²) < 4.78 is 4.94. The van der Waals surface area contributed by atoms with Gasteiger partial charge in [0.05, 0.1) is 7.11 Å². The first-order chi connectivity index (χ1) is 8.59. The SMILES string of the molecule is CCCCCN(C)C1CCC(NC)(C(=O)OC)C1. The van der Waals surface area contributed by atoms with Gasteiger partial charge in [0, 0.05) is 6.04 Å². The van der Waals surface area contributed by atoms with E-state index < -0.39 is 5.54 Å². The predicted octanol–water partition coefficient (Wildman–Crippen LogP) is 1.79. The van der Waals surface area contributed by atoms with Crippen molar-refractivity contribution in [2.45, 2.75) is 57.0 Å². The highest BCUT2D eigenvalue weighted by molar-refractivity contribution is 5.81. The van der Waals surface area contributed by atoms with E-state index in [1.807, 2.05) is 7.05 Å². The lowest BCUT2D eigenvalue weighted by Crippen LogP contribution is -2.50. The number of carbonyl (C=O) groups is 1. The van der Waals surface area contributed by atoms with Gasteiger partial charge in [-0.05, 0) is 46.3 Å². The third kappa shape index (κ3) is 3.45. The monoisotopic (exact) mass is 256 g/mol. The lowest BCUT2D eigenvalue weighted by molar-refractivity contribution is -0.148. The van der Waals surface area contributed by atoms with Crippen LogP contribution in [-0.2, 0) is 9.53 Å². The number of hydrogen-bond donors (Lipinski definition) is 1. The average molecular weight is 256 g/mol. The van der Waals surface area contributed by atoms with Crippen molar-refractivity contribution in [1.29, 1.82) is 0 Å². The predicted molar refractivity (Wildman–Crippen MR) is 73.6 cm³/mol. The number of rotatable bonds is 7. The summed E-state index contributed by atoms with van der Waals surface area (Å²) >= 11 is 0. The summed E-state index contributed by atoms with van der Waals surface area (Å²) in [6.45, 7) is 3.35. The highest BCUT2D eigenvalue weighted by Gasteiger charge is 2.46. The van der Waals surface area contributed by atoms with E-state index in [0.29, 0.717) is 6.04 Å². The highest BCUT2D eigenvalue weighted by atomic mass is 16.5. The second kappa shape index (κ2) is 7.10. The summed E-state index contributed by atoms with van der Waals surface area (Å²) in [5, 5.41) is 3.18. The van der Waals surface area contributed by atoms with Gasteiger partial charge < -0.3 is 15.0 Å². The standard InChI is InChI=1S/C14H28N2O2/c1-5-6-7-10-16(3)12-8-9-14(11-12,15-2)13(17)18-4/h12,15H,5-11H2,1-4H3. The molecule has 0 saturated heterocycles. The van der Waals surface area contributed by atoms with E-state index in [9.17, 15) is 4.79 Å². The van der Waals surface area contributed by atoms with Gasteiger partial charge in [0.25, 0.3) is 0 Å². The van der Waals surface area contributed by atoms with E-state index >= 15 is 0 Å². The van der Waals surface area contributed by atoms with Crippen LogP contribution in [0.5, 0.6) is 0 Å². The normalized spacial score (nSPS) is 27.7. The van der Waals surface area contributed by atoms with E-state index in [1.54, 1.807) is 0 Å². The topological polar surface area (TPSA) is 41.6 Å². The number of hydrogen-bond acceptors (Lipinski definition) is 4. The maximum Gasteiger partial charge on any atom is 0.326 e. The van der Waals surface area contributed by atoms with E-state index in [-0.39, 0.29) is 5.97 Å². The van der Waals surface area contributed by atoms with Crippen LogP contribution in [0.4, 0.5) is 0 Å². The zero-order valence-corrected chi connectivity index (χ0v) is 12.3. The Morgan fingerprint density at radius 1 is 1.50 bits per heavy atom. The summed E-state index contributed by atoms with van der Waals surface area (Å²) in [5.74, 6) is -0.116. The van der Waals surface area contributed by atoms with E-state index in [0.717, 1.165) is 25.8 Å². The van der Waals surface area contributed by atoms with Gasteiger partial charge in [-0.25, -0.2) is 0 Å². The van der Waals surface area contributed by atoms with Crippen molar-refractivity contribution in [1.82, 2.24) is 10.2 Å². The molecule has 2 atom stereocenters. The Labute approximate surface area is 111 Å². The molecule has 0 aromatic heterocycles. The van der Waals surface area contributed by atoms with Crippen molar-refractivity contribution >= 4 is 5.97 Å². The number of methoxy groups -OCH3 is 1. The fourth-order valence-electron chi connectivity index (χ4n) is 2.90. The Morgan fingerprint density at radius 2 is 2.22 bits per heavy atom. The number of carbonyl (C=O) groups excluding carboxylic acids is 1. The number of ether oxygens (including phenoxy) is 1. The lowest BCUT2D eigenvalue weighted by atomic mass is 9.97. The minimum Gasteiger partial charge on any atom is -0.468 e. The van der Waals surface area contributed by atoms with E-state index in [4.69, 9.17) is 4.74 Å². The number of esters is 1. The minimum absolute atomic E-state index is 0.116. The molecule has 0 amide bonds. The van der Waals surface area contributed by atoms with E-state index in [2.05, 4.69) is 24.2 Å². The molecule has 1 N–H and O–H groups in total. The van der Waals surface area contributed by atoms with Crippen LogP contribution in [0.1, 0.15) is 45.4 Å². The Hall–Kier alpha value is -0.610. The van der Waals surface area contributed by atoms with Gasteiger partial charge in [-0.15, -0.1) is 0 Å². The summed E-state index contributed by atoms with van der Waals surface area (Å²) in [6.07, 6.45) is 6.58. The van der Waals surface area contributed by atoms with Crippen LogP contribution in [0.2, 0.25) is 0 Å². The summed E-state index contributed by atoms with van der Waals surface area (Å²) in [5.41, 5.74) is -0.460. The molecule has 0 aliphatic heterocycles. The molecule has 0 spiro atoms. The number of unbranched alkanes of at least 4 members (excludes halogenated alkanes) is 2. The molecular weight excluding hydrogens is 228 g/mol. The second-order valence-electron chi connectivity index (χ2n) is 5.41. The molecule has 0 radical (unpaired) electrons. The Balaban J connectivity index is 2.50. The smallest absolute Gasteiger partial charge is 0.326 e. The van der Waals surface area contributed by atoms with Gasteiger partial charge in [0.2, 0.25) is 0 Å². The van der Waals surface area contributed by atoms with Crippen LogP contribution in [0.15, 0.2) is 0 Å². The maximum absolute atomic E-state index is 11.9. The zero-order chi connectivity index (χ0) is 13.6. The quantitative estimate of drug-likeness (QED) is 0.557. The molecule has 0 aromatic carbocycles. The van der Waals surface area contributed by atoms with Crippen LogP contribution < -0.4 is 5.32 Å². The van der Waals surface area contributed by atoms with Crippen LogP contribution >= 0.6 is 0 Å².